The summed E-state index contributed by atoms with van der Waals surface area (Å²) in [6, 6.07) is 4.71. The summed E-state index contributed by atoms with van der Waals surface area (Å²) < 4.78 is 24.7. The molecule has 1 saturated heterocycles. The van der Waals surface area contributed by atoms with Crippen LogP contribution in [0.15, 0.2) is 18.2 Å². The first kappa shape index (κ1) is 20.6. The Bertz CT molecular complexity index is 488. The molecule has 2 rings (SSSR count). The third-order valence-corrected chi connectivity index (χ3v) is 3.59. The fraction of sp³-hybridized carbons (Fsp3) is 0.632. The summed E-state index contributed by atoms with van der Waals surface area (Å²) in [6.45, 7) is 10.7. The second kappa shape index (κ2) is 12.0. The molecule has 1 aliphatic heterocycles. The highest BCUT2D eigenvalue weighted by Crippen LogP contribution is 2.17. The molecule has 1 aliphatic rings. The number of halogens is 1. The Hall–Kier alpha value is -1.46. The van der Waals surface area contributed by atoms with Crippen LogP contribution in [0.2, 0.25) is 0 Å². The zero-order valence-electron chi connectivity index (χ0n) is 15.1. The molecule has 0 saturated carbocycles. The molecular weight excluding hydrogens is 309 g/mol. The first-order valence-corrected chi connectivity index (χ1v) is 8.83. The number of ether oxygens (including phenoxy) is 2. The fourth-order valence-corrected chi connectivity index (χ4v) is 2.22. The van der Waals surface area contributed by atoms with Crippen molar-refractivity contribution in [3.05, 3.63) is 29.6 Å². The fourth-order valence-electron chi connectivity index (χ4n) is 2.22. The first-order chi connectivity index (χ1) is 11.6. The molecule has 0 N–H and O–H groups in total. The summed E-state index contributed by atoms with van der Waals surface area (Å²) in [5, 5.41) is 0. The average Bonchev–Trinajstić information content (AvgIpc) is 2.59. The number of nitrogens with zero attached hydrogens (tertiary/aromatic N) is 1. The summed E-state index contributed by atoms with van der Waals surface area (Å²) in [6.07, 6.45) is 1.83. The van der Waals surface area contributed by atoms with Crippen LogP contribution < -0.4 is 4.74 Å². The summed E-state index contributed by atoms with van der Waals surface area (Å²) in [5.41, 5.74) is 0.433. The van der Waals surface area contributed by atoms with Gasteiger partial charge in [-0.2, -0.15) is 0 Å². The monoisotopic (exact) mass is 339 g/mol. The predicted molar refractivity (Wildman–Crippen MR) is 94.1 cm³/mol. The number of ketones is 1. The van der Waals surface area contributed by atoms with E-state index in [-0.39, 0.29) is 18.0 Å². The second-order valence-electron chi connectivity index (χ2n) is 5.83. The van der Waals surface area contributed by atoms with Crippen LogP contribution in [0.25, 0.3) is 0 Å². The van der Waals surface area contributed by atoms with Gasteiger partial charge in [-0.1, -0.05) is 33.3 Å². The zero-order chi connectivity index (χ0) is 17.8. The Balaban J connectivity index is 0.000000891. The summed E-state index contributed by atoms with van der Waals surface area (Å²) in [5.74, 6) is 0.170. The molecular formula is C19H30FNO3. The molecule has 1 aromatic rings. The molecule has 0 radical (unpaired) electrons. The highest BCUT2D eigenvalue weighted by Gasteiger charge is 2.11. The van der Waals surface area contributed by atoms with Crippen LogP contribution in [0.5, 0.6) is 5.75 Å². The van der Waals surface area contributed by atoms with E-state index in [1.807, 2.05) is 0 Å². The normalized spacial score (nSPS) is 14.7. The highest BCUT2D eigenvalue weighted by molar-refractivity contribution is 5.80. The van der Waals surface area contributed by atoms with Crippen molar-refractivity contribution in [2.45, 2.75) is 40.0 Å². The van der Waals surface area contributed by atoms with Gasteiger partial charge in [-0.25, -0.2) is 4.39 Å². The van der Waals surface area contributed by atoms with Crippen LogP contribution in [0, 0.1) is 5.82 Å². The van der Waals surface area contributed by atoms with E-state index in [4.69, 9.17) is 9.47 Å². The van der Waals surface area contributed by atoms with Crippen LogP contribution >= 0.6 is 0 Å². The Labute approximate surface area is 144 Å². The molecule has 0 unspecified atom stereocenters. The van der Waals surface area contributed by atoms with Crippen molar-refractivity contribution in [2.75, 3.05) is 39.5 Å². The van der Waals surface area contributed by atoms with Crippen LogP contribution in [-0.2, 0) is 16.0 Å². The molecule has 1 heterocycles. The van der Waals surface area contributed by atoms with E-state index in [9.17, 15) is 9.18 Å². The van der Waals surface area contributed by atoms with Gasteiger partial charge in [0.25, 0.3) is 0 Å². The lowest BCUT2D eigenvalue weighted by Gasteiger charge is -2.26. The van der Waals surface area contributed by atoms with Crippen molar-refractivity contribution in [3.8, 4) is 5.75 Å². The van der Waals surface area contributed by atoms with Gasteiger partial charge >= 0.3 is 0 Å². The summed E-state index contributed by atoms with van der Waals surface area (Å²) >= 11 is 0. The summed E-state index contributed by atoms with van der Waals surface area (Å²) in [4.78, 5) is 13.6. The van der Waals surface area contributed by atoms with Crippen molar-refractivity contribution in [1.82, 2.24) is 4.90 Å². The molecule has 0 bridgehead atoms. The molecule has 5 heteroatoms. The van der Waals surface area contributed by atoms with Crippen molar-refractivity contribution >= 4 is 5.78 Å². The maximum atomic E-state index is 13.9. The molecule has 0 spiro atoms. The SMILES string of the molecule is CCC.CCC(=O)Cc1ccc(OCCN2CCOCC2)cc1F. The van der Waals surface area contributed by atoms with Gasteiger partial charge in [-0.3, -0.25) is 9.69 Å². The number of carbonyl (C=O) groups is 1. The molecule has 1 aromatic carbocycles. The third-order valence-electron chi connectivity index (χ3n) is 3.59. The topological polar surface area (TPSA) is 38.8 Å². The number of hydrogen-bond acceptors (Lipinski definition) is 4. The van der Waals surface area contributed by atoms with Gasteiger partial charge in [0.15, 0.2) is 0 Å². The molecule has 0 atom stereocenters. The minimum Gasteiger partial charge on any atom is -0.492 e. The van der Waals surface area contributed by atoms with Crippen molar-refractivity contribution in [2.24, 2.45) is 0 Å². The van der Waals surface area contributed by atoms with E-state index in [1.54, 1.807) is 19.1 Å². The second-order valence-corrected chi connectivity index (χ2v) is 5.83. The van der Waals surface area contributed by atoms with Gasteiger partial charge < -0.3 is 9.47 Å². The van der Waals surface area contributed by atoms with Crippen LogP contribution in [0.3, 0.4) is 0 Å². The van der Waals surface area contributed by atoms with E-state index in [0.717, 1.165) is 32.8 Å². The predicted octanol–water partition coefficient (Wildman–Crippen LogP) is 3.47. The Morgan fingerprint density at radius 1 is 1.25 bits per heavy atom. The summed E-state index contributed by atoms with van der Waals surface area (Å²) in [7, 11) is 0. The third kappa shape index (κ3) is 7.88. The standard InChI is InChI=1S/C16H22FNO3.C3H8/c1-2-14(19)11-13-3-4-15(12-16(13)17)21-10-7-18-5-8-20-9-6-18;1-3-2/h3-4,12H,2,5-11H2,1H3;3H2,1-2H3. The highest BCUT2D eigenvalue weighted by atomic mass is 19.1. The minimum atomic E-state index is -0.374. The van der Waals surface area contributed by atoms with Gasteiger partial charge in [0.2, 0.25) is 0 Å². The molecule has 1 fully saturated rings. The molecule has 136 valence electrons. The van der Waals surface area contributed by atoms with Gasteiger partial charge in [0.1, 0.15) is 24.0 Å². The number of carbonyl (C=O) groups excluding carboxylic acids is 1. The average molecular weight is 339 g/mol. The maximum absolute atomic E-state index is 13.9. The van der Waals surface area contributed by atoms with Gasteiger partial charge in [-0.05, 0) is 11.6 Å². The van der Waals surface area contributed by atoms with E-state index in [2.05, 4.69) is 18.7 Å². The molecule has 24 heavy (non-hydrogen) atoms. The zero-order valence-corrected chi connectivity index (χ0v) is 15.1. The van der Waals surface area contributed by atoms with Crippen LogP contribution in [0.4, 0.5) is 4.39 Å². The maximum Gasteiger partial charge on any atom is 0.137 e. The molecule has 0 aliphatic carbocycles. The molecule has 4 nitrogen and oxygen atoms in total. The van der Waals surface area contributed by atoms with Crippen LogP contribution in [0.1, 0.15) is 39.2 Å². The van der Waals surface area contributed by atoms with Crippen molar-refractivity contribution in [1.29, 1.82) is 0 Å². The van der Waals surface area contributed by atoms with Gasteiger partial charge in [-0.15, -0.1) is 0 Å². The van der Waals surface area contributed by atoms with E-state index in [1.165, 1.54) is 12.5 Å². The van der Waals surface area contributed by atoms with Gasteiger partial charge in [0, 0.05) is 38.5 Å². The van der Waals surface area contributed by atoms with Crippen molar-refractivity contribution < 1.29 is 18.7 Å². The van der Waals surface area contributed by atoms with E-state index >= 15 is 0 Å². The van der Waals surface area contributed by atoms with E-state index in [0.29, 0.717) is 24.3 Å². The molecule has 0 amide bonds. The number of hydrogen-bond donors (Lipinski definition) is 0. The lowest BCUT2D eigenvalue weighted by molar-refractivity contribution is -0.118. The number of rotatable bonds is 7. The number of morpholine rings is 1. The number of benzene rings is 1. The van der Waals surface area contributed by atoms with Crippen LogP contribution in [-0.4, -0.2) is 50.1 Å². The Kier molecular flexibility index (Phi) is 10.3. The smallest absolute Gasteiger partial charge is 0.137 e. The first-order valence-electron chi connectivity index (χ1n) is 8.83. The lowest BCUT2D eigenvalue weighted by atomic mass is 10.1. The van der Waals surface area contributed by atoms with Gasteiger partial charge in [0.05, 0.1) is 13.2 Å². The largest absolute Gasteiger partial charge is 0.492 e. The van der Waals surface area contributed by atoms with E-state index < -0.39 is 0 Å². The Morgan fingerprint density at radius 2 is 1.92 bits per heavy atom. The lowest BCUT2D eigenvalue weighted by Crippen LogP contribution is -2.38. The Morgan fingerprint density at radius 3 is 2.50 bits per heavy atom. The van der Waals surface area contributed by atoms with Crippen molar-refractivity contribution in [3.63, 3.8) is 0 Å². The number of Topliss-reactive ketones (excluding diaryl/α,β-unsaturated/α-hetero) is 1. The quantitative estimate of drug-likeness (QED) is 0.762. The molecule has 0 aromatic heterocycles. The minimum absolute atomic E-state index is 0.0369.